The van der Waals surface area contributed by atoms with Gasteiger partial charge in [0.2, 0.25) is 5.91 Å². The summed E-state index contributed by atoms with van der Waals surface area (Å²) in [5, 5.41) is 11.4. The molecular formula is C14H17NO3. The standard InChI is InChI=1S/C14H17NO3/c1-9(14(17)18)13(16)15-8-10-5-6-11-3-2-4-12(11)7-10/h5-7,9H,2-4,8H2,1H3,(H,15,16)(H,17,18). The number of benzene rings is 1. The van der Waals surface area contributed by atoms with Gasteiger partial charge in [0.25, 0.3) is 0 Å². The summed E-state index contributed by atoms with van der Waals surface area (Å²) in [5.74, 6) is -2.54. The summed E-state index contributed by atoms with van der Waals surface area (Å²) >= 11 is 0. The molecule has 1 aliphatic rings. The zero-order valence-electron chi connectivity index (χ0n) is 10.4. The van der Waals surface area contributed by atoms with Gasteiger partial charge in [-0.2, -0.15) is 0 Å². The molecule has 0 saturated carbocycles. The second kappa shape index (κ2) is 5.21. The van der Waals surface area contributed by atoms with E-state index in [1.165, 1.54) is 24.5 Å². The molecule has 0 fully saturated rings. The predicted molar refractivity (Wildman–Crippen MR) is 67.1 cm³/mol. The first-order chi connectivity index (χ1) is 8.58. The average Bonchev–Trinajstić information content (AvgIpc) is 2.82. The molecule has 0 aliphatic heterocycles. The molecule has 1 aromatic rings. The summed E-state index contributed by atoms with van der Waals surface area (Å²) in [6, 6.07) is 6.20. The largest absolute Gasteiger partial charge is 0.481 e. The Labute approximate surface area is 106 Å². The summed E-state index contributed by atoms with van der Waals surface area (Å²) in [5.41, 5.74) is 3.78. The van der Waals surface area contributed by atoms with E-state index in [2.05, 4.69) is 17.4 Å². The number of hydrogen-bond donors (Lipinski definition) is 2. The first-order valence-electron chi connectivity index (χ1n) is 6.19. The van der Waals surface area contributed by atoms with E-state index in [1.807, 2.05) is 6.07 Å². The number of carboxylic acids is 1. The van der Waals surface area contributed by atoms with E-state index in [9.17, 15) is 9.59 Å². The summed E-state index contributed by atoms with van der Waals surface area (Å²) in [6.45, 7) is 1.78. The van der Waals surface area contributed by atoms with E-state index in [0.717, 1.165) is 18.4 Å². The van der Waals surface area contributed by atoms with Crippen LogP contribution in [0.3, 0.4) is 0 Å². The molecule has 0 radical (unpaired) electrons. The van der Waals surface area contributed by atoms with E-state index in [4.69, 9.17) is 5.11 Å². The molecule has 2 N–H and O–H groups in total. The van der Waals surface area contributed by atoms with Crippen LogP contribution in [0.5, 0.6) is 0 Å². The summed E-state index contributed by atoms with van der Waals surface area (Å²) in [4.78, 5) is 22.1. The van der Waals surface area contributed by atoms with Crippen LogP contribution >= 0.6 is 0 Å². The number of fused-ring (bicyclic) bond motifs is 1. The predicted octanol–water partition coefficient (Wildman–Crippen LogP) is 1.51. The van der Waals surface area contributed by atoms with Gasteiger partial charge in [-0.25, -0.2) is 0 Å². The van der Waals surface area contributed by atoms with Crippen molar-refractivity contribution >= 4 is 11.9 Å². The quantitative estimate of drug-likeness (QED) is 0.793. The molecule has 0 aromatic heterocycles. The fourth-order valence-electron chi connectivity index (χ4n) is 2.19. The molecular weight excluding hydrogens is 230 g/mol. The number of carbonyl (C=O) groups is 2. The van der Waals surface area contributed by atoms with Gasteiger partial charge in [0.05, 0.1) is 0 Å². The van der Waals surface area contributed by atoms with Crippen molar-refractivity contribution in [2.45, 2.75) is 32.7 Å². The smallest absolute Gasteiger partial charge is 0.315 e. The van der Waals surface area contributed by atoms with Gasteiger partial charge in [0.1, 0.15) is 5.92 Å². The van der Waals surface area contributed by atoms with Crippen molar-refractivity contribution < 1.29 is 14.7 Å². The van der Waals surface area contributed by atoms with Gasteiger partial charge >= 0.3 is 5.97 Å². The zero-order chi connectivity index (χ0) is 13.1. The van der Waals surface area contributed by atoms with Crippen LogP contribution in [0.2, 0.25) is 0 Å². The van der Waals surface area contributed by atoms with E-state index < -0.39 is 17.8 Å². The van der Waals surface area contributed by atoms with Crippen LogP contribution in [0.15, 0.2) is 18.2 Å². The Morgan fingerprint density at radius 1 is 1.33 bits per heavy atom. The minimum atomic E-state index is -1.10. The summed E-state index contributed by atoms with van der Waals surface area (Å²) < 4.78 is 0. The number of aryl methyl sites for hydroxylation is 2. The van der Waals surface area contributed by atoms with Crippen molar-refractivity contribution in [2.24, 2.45) is 5.92 Å². The minimum Gasteiger partial charge on any atom is -0.481 e. The summed E-state index contributed by atoms with van der Waals surface area (Å²) in [7, 11) is 0. The molecule has 0 heterocycles. The fraction of sp³-hybridized carbons (Fsp3) is 0.429. The topological polar surface area (TPSA) is 66.4 Å². The molecule has 4 heteroatoms. The minimum absolute atomic E-state index is 0.393. The van der Waals surface area contributed by atoms with E-state index in [-0.39, 0.29) is 0 Å². The average molecular weight is 247 g/mol. The second-order valence-corrected chi connectivity index (χ2v) is 4.73. The number of hydrogen-bond acceptors (Lipinski definition) is 2. The second-order valence-electron chi connectivity index (χ2n) is 4.73. The number of amides is 1. The first kappa shape index (κ1) is 12.6. The van der Waals surface area contributed by atoms with E-state index in [0.29, 0.717) is 6.54 Å². The summed E-state index contributed by atoms with van der Waals surface area (Å²) in [6.07, 6.45) is 3.43. The molecule has 4 nitrogen and oxygen atoms in total. The van der Waals surface area contributed by atoms with Crippen molar-refractivity contribution in [1.29, 1.82) is 0 Å². The Morgan fingerprint density at radius 2 is 2.06 bits per heavy atom. The molecule has 1 aliphatic carbocycles. The van der Waals surface area contributed by atoms with Gasteiger partial charge in [0, 0.05) is 6.54 Å². The van der Waals surface area contributed by atoms with Crippen molar-refractivity contribution in [2.75, 3.05) is 0 Å². The number of aliphatic carboxylic acids is 1. The third-order valence-electron chi connectivity index (χ3n) is 3.39. The number of carboxylic acid groups (broad SMARTS) is 1. The highest BCUT2D eigenvalue weighted by molar-refractivity contribution is 5.96. The zero-order valence-corrected chi connectivity index (χ0v) is 10.4. The molecule has 0 spiro atoms. The lowest BCUT2D eigenvalue weighted by Gasteiger charge is -2.09. The lowest BCUT2D eigenvalue weighted by atomic mass is 10.1. The third kappa shape index (κ3) is 2.70. The van der Waals surface area contributed by atoms with Gasteiger partial charge < -0.3 is 10.4 Å². The van der Waals surface area contributed by atoms with E-state index in [1.54, 1.807) is 0 Å². The van der Waals surface area contributed by atoms with Crippen LogP contribution in [0.4, 0.5) is 0 Å². The Bertz CT molecular complexity index is 482. The van der Waals surface area contributed by atoms with Gasteiger partial charge in [-0.1, -0.05) is 18.2 Å². The number of nitrogens with one attached hydrogen (secondary N) is 1. The molecule has 0 bridgehead atoms. The maximum atomic E-state index is 11.5. The molecule has 18 heavy (non-hydrogen) atoms. The maximum Gasteiger partial charge on any atom is 0.315 e. The van der Waals surface area contributed by atoms with Crippen LogP contribution in [0.25, 0.3) is 0 Å². The molecule has 2 rings (SSSR count). The number of rotatable bonds is 4. The Hall–Kier alpha value is -1.84. The Morgan fingerprint density at radius 3 is 2.78 bits per heavy atom. The molecule has 0 saturated heterocycles. The molecule has 96 valence electrons. The molecule has 1 amide bonds. The Kier molecular flexibility index (Phi) is 3.65. The fourth-order valence-corrected chi connectivity index (χ4v) is 2.19. The van der Waals surface area contributed by atoms with Crippen LogP contribution in [0, 0.1) is 5.92 Å². The van der Waals surface area contributed by atoms with E-state index >= 15 is 0 Å². The van der Waals surface area contributed by atoms with Gasteiger partial charge in [-0.15, -0.1) is 0 Å². The maximum absolute atomic E-state index is 11.5. The molecule has 1 unspecified atom stereocenters. The van der Waals surface area contributed by atoms with Gasteiger partial charge in [-0.05, 0) is 42.9 Å². The lowest BCUT2D eigenvalue weighted by Crippen LogP contribution is -2.33. The van der Waals surface area contributed by atoms with Crippen molar-refractivity contribution in [3.63, 3.8) is 0 Å². The normalized spacial score (nSPS) is 14.9. The highest BCUT2D eigenvalue weighted by Crippen LogP contribution is 2.22. The first-order valence-corrected chi connectivity index (χ1v) is 6.19. The van der Waals surface area contributed by atoms with Crippen molar-refractivity contribution in [3.05, 3.63) is 34.9 Å². The van der Waals surface area contributed by atoms with Crippen LogP contribution in [-0.2, 0) is 29.0 Å². The van der Waals surface area contributed by atoms with Gasteiger partial charge in [-0.3, -0.25) is 9.59 Å². The lowest BCUT2D eigenvalue weighted by molar-refractivity contribution is -0.146. The highest BCUT2D eigenvalue weighted by Gasteiger charge is 2.20. The highest BCUT2D eigenvalue weighted by atomic mass is 16.4. The monoisotopic (exact) mass is 247 g/mol. The SMILES string of the molecule is CC(C(=O)O)C(=O)NCc1ccc2c(c1)CCC2. The van der Waals surface area contributed by atoms with Crippen LogP contribution < -0.4 is 5.32 Å². The van der Waals surface area contributed by atoms with Crippen molar-refractivity contribution in [1.82, 2.24) is 5.32 Å². The molecule has 1 aromatic carbocycles. The van der Waals surface area contributed by atoms with Crippen molar-refractivity contribution in [3.8, 4) is 0 Å². The number of carbonyl (C=O) groups excluding carboxylic acids is 1. The van der Waals surface area contributed by atoms with Gasteiger partial charge in [0.15, 0.2) is 0 Å². The van der Waals surface area contributed by atoms with Crippen LogP contribution in [-0.4, -0.2) is 17.0 Å². The Balaban J connectivity index is 1.94. The van der Waals surface area contributed by atoms with Crippen LogP contribution in [0.1, 0.15) is 30.0 Å². The molecule has 1 atom stereocenters. The third-order valence-corrected chi connectivity index (χ3v) is 3.39.